The molecule has 0 saturated heterocycles. The molecule has 1 atom stereocenters. The van der Waals surface area contributed by atoms with Gasteiger partial charge in [-0.3, -0.25) is 9.59 Å². The summed E-state index contributed by atoms with van der Waals surface area (Å²) in [5, 5.41) is 2.91. The number of rotatable bonds is 9. The summed E-state index contributed by atoms with van der Waals surface area (Å²) in [6.45, 7) is 0. The van der Waals surface area contributed by atoms with Crippen LogP contribution in [0.25, 0.3) is 6.08 Å². The molecule has 1 N–H and O–H groups in total. The Kier molecular flexibility index (Phi) is 8.57. The topological polar surface area (TPSA) is 90.9 Å². The molecule has 174 valence electrons. The molecule has 3 rings (SSSR count). The number of nitrogens with one attached hydrogen (secondary N) is 1. The van der Waals surface area contributed by atoms with Crippen molar-refractivity contribution in [2.45, 2.75) is 12.5 Å². The lowest BCUT2D eigenvalue weighted by Crippen LogP contribution is -2.31. The highest BCUT2D eigenvalue weighted by Crippen LogP contribution is 2.30. The van der Waals surface area contributed by atoms with Gasteiger partial charge in [0, 0.05) is 11.6 Å². The fourth-order valence-electron chi connectivity index (χ4n) is 3.20. The molecule has 7 heteroatoms. The Morgan fingerprint density at radius 3 is 2.21 bits per heavy atom. The first-order valence-corrected chi connectivity index (χ1v) is 10.6. The number of hydrogen-bond donors (Lipinski definition) is 1. The summed E-state index contributed by atoms with van der Waals surface area (Å²) in [6.07, 6.45) is 2.75. The van der Waals surface area contributed by atoms with Crippen LogP contribution in [0.15, 0.2) is 84.9 Å². The summed E-state index contributed by atoms with van der Waals surface area (Å²) in [6, 6.07) is 22.3. The van der Waals surface area contributed by atoms with Gasteiger partial charge in [-0.2, -0.15) is 0 Å². The molecule has 3 aromatic carbocycles. The Morgan fingerprint density at radius 1 is 0.882 bits per heavy atom. The van der Waals surface area contributed by atoms with E-state index in [2.05, 4.69) is 10.1 Å². The van der Waals surface area contributed by atoms with Crippen molar-refractivity contribution in [2.75, 3.05) is 14.2 Å². The van der Waals surface area contributed by atoms with Crippen molar-refractivity contribution in [2.24, 2.45) is 0 Å². The third-order valence-electron chi connectivity index (χ3n) is 4.94. The second-order valence-corrected chi connectivity index (χ2v) is 7.25. The third kappa shape index (κ3) is 6.80. The van der Waals surface area contributed by atoms with Crippen molar-refractivity contribution in [1.82, 2.24) is 5.32 Å². The Bertz CT molecular complexity index is 1160. The zero-order chi connectivity index (χ0) is 24.3. The zero-order valence-corrected chi connectivity index (χ0v) is 18.9. The first-order valence-electron chi connectivity index (χ1n) is 10.6. The quantitative estimate of drug-likeness (QED) is 0.291. The Labute approximate surface area is 198 Å². The second-order valence-electron chi connectivity index (χ2n) is 7.25. The lowest BCUT2D eigenvalue weighted by molar-refractivity contribution is -0.135. The van der Waals surface area contributed by atoms with Gasteiger partial charge in [-0.1, -0.05) is 54.6 Å². The van der Waals surface area contributed by atoms with Crippen LogP contribution < -0.4 is 14.8 Å². The molecule has 0 saturated carbocycles. The number of carbonyl (C=O) groups excluding carboxylic acids is 3. The number of esters is 2. The summed E-state index contributed by atoms with van der Waals surface area (Å²) >= 11 is 0. The smallest absolute Gasteiger partial charge is 0.330 e. The second kappa shape index (κ2) is 12.0. The van der Waals surface area contributed by atoms with E-state index in [0.717, 1.165) is 5.56 Å². The van der Waals surface area contributed by atoms with E-state index in [1.165, 1.54) is 20.3 Å². The first kappa shape index (κ1) is 24.3. The van der Waals surface area contributed by atoms with Crippen LogP contribution in [0.2, 0.25) is 0 Å². The van der Waals surface area contributed by atoms with Gasteiger partial charge in [0.1, 0.15) is 0 Å². The fourth-order valence-corrected chi connectivity index (χ4v) is 3.20. The highest BCUT2D eigenvalue weighted by Gasteiger charge is 2.21. The average Bonchev–Trinajstić information content (AvgIpc) is 2.88. The monoisotopic (exact) mass is 459 g/mol. The summed E-state index contributed by atoms with van der Waals surface area (Å²) in [4.78, 5) is 36.8. The van der Waals surface area contributed by atoms with Crippen molar-refractivity contribution in [3.05, 3.63) is 102 Å². The predicted octanol–water partition coefficient (Wildman–Crippen LogP) is 4.35. The van der Waals surface area contributed by atoms with Crippen molar-refractivity contribution in [3.8, 4) is 11.5 Å². The maximum Gasteiger partial charge on any atom is 0.330 e. The molecule has 7 nitrogen and oxygen atoms in total. The van der Waals surface area contributed by atoms with E-state index in [-0.39, 0.29) is 18.1 Å². The van der Waals surface area contributed by atoms with Crippen LogP contribution in [-0.4, -0.2) is 32.1 Å². The Hall–Kier alpha value is -4.39. The van der Waals surface area contributed by atoms with E-state index >= 15 is 0 Å². The molecule has 0 bridgehead atoms. The SMILES string of the molecule is COC(=O)/C=C/c1ccc(OC(=O)CC(NC(=O)c2ccccc2)c2ccccc2)c(OC)c1. The van der Waals surface area contributed by atoms with Crippen LogP contribution in [0.1, 0.15) is 33.9 Å². The molecule has 0 aliphatic carbocycles. The van der Waals surface area contributed by atoms with Gasteiger partial charge in [-0.25, -0.2) is 4.79 Å². The highest BCUT2D eigenvalue weighted by molar-refractivity contribution is 5.94. The van der Waals surface area contributed by atoms with Gasteiger partial charge in [0.2, 0.25) is 0 Å². The number of methoxy groups -OCH3 is 2. The van der Waals surface area contributed by atoms with Crippen LogP contribution in [0.4, 0.5) is 0 Å². The van der Waals surface area contributed by atoms with Crippen molar-refractivity contribution in [3.63, 3.8) is 0 Å². The Morgan fingerprint density at radius 2 is 1.56 bits per heavy atom. The van der Waals surface area contributed by atoms with Crippen LogP contribution in [0.5, 0.6) is 11.5 Å². The number of carbonyl (C=O) groups is 3. The summed E-state index contributed by atoms with van der Waals surface area (Å²) in [5.41, 5.74) is 1.94. The van der Waals surface area contributed by atoms with Gasteiger partial charge in [-0.15, -0.1) is 0 Å². The van der Waals surface area contributed by atoms with Crippen LogP contribution in [0, 0.1) is 0 Å². The zero-order valence-electron chi connectivity index (χ0n) is 18.9. The van der Waals surface area contributed by atoms with Crippen LogP contribution in [0.3, 0.4) is 0 Å². The van der Waals surface area contributed by atoms with Gasteiger partial charge < -0.3 is 19.5 Å². The lowest BCUT2D eigenvalue weighted by atomic mass is 10.0. The molecule has 0 aromatic heterocycles. The maximum absolute atomic E-state index is 12.8. The van der Waals surface area contributed by atoms with Crippen molar-refractivity contribution in [1.29, 1.82) is 0 Å². The Balaban J connectivity index is 1.74. The summed E-state index contributed by atoms with van der Waals surface area (Å²) in [7, 11) is 2.74. The summed E-state index contributed by atoms with van der Waals surface area (Å²) in [5.74, 6) is -0.771. The molecular weight excluding hydrogens is 434 g/mol. The van der Waals surface area contributed by atoms with Gasteiger partial charge >= 0.3 is 11.9 Å². The number of amides is 1. The van der Waals surface area contributed by atoms with E-state index in [0.29, 0.717) is 16.9 Å². The fraction of sp³-hybridized carbons (Fsp3) is 0.148. The molecule has 3 aromatic rings. The van der Waals surface area contributed by atoms with E-state index in [1.54, 1.807) is 48.5 Å². The highest BCUT2D eigenvalue weighted by atomic mass is 16.6. The molecule has 0 radical (unpaired) electrons. The third-order valence-corrected chi connectivity index (χ3v) is 4.94. The van der Waals surface area contributed by atoms with Gasteiger partial charge in [-0.05, 0) is 41.5 Å². The lowest BCUT2D eigenvalue weighted by Gasteiger charge is -2.19. The van der Waals surface area contributed by atoms with E-state index < -0.39 is 18.0 Å². The van der Waals surface area contributed by atoms with E-state index in [9.17, 15) is 14.4 Å². The average molecular weight is 459 g/mol. The minimum absolute atomic E-state index is 0.0876. The minimum atomic E-state index is -0.588. The minimum Gasteiger partial charge on any atom is -0.493 e. The molecule has 0 spiro atoms. The standard InChI is InChI=1S/C27H25NO6/c1-32-24-17-19(14-16-25(29)33-2)13-15-23(24)34-26(30)18-22(20-9-5-3-6-10-20)28-27(31)21-11-7-4-8-12-21/h3-17,22H,18H2,1-2H3,(H,28,31)/b16-14+. The number of hydrogen-bond acceptors (Lipinski definition) is 6. The van der Waals surface area contributed by atoms with Crippen molar-refractivity contribution < 1.29 is 28.6 Å². The summed E-state index contributed by atoms with van der Waals surface area (Å²) < 4.78 is 15.5. The molecular formula is C27H25NO6. The van der Waals surface area contributed by atoms with Gasteiger partial charge in [0.25, 0.3) is 5.91 Å². The van der Waals surface area contributed by atoms with Crippen LogP contribution in [-0.2, 0) is 14.3 Å². The van der Waals surface area contributed by atoms with Gasteiger partial charge in [0.15, 0.2) is 11.5 Å². The first-order chi connectivity index (χ1) is 16.5. The largest absolute Gasteiger partial charge is 0.493 e. The van der Waals surface area contributed by atoms with Gasteiger partial charge in [0.05, 0.1) is 26.7 Å². The molecule has 0 aliphatic heterocycles. The number of benzene rings is 3. The van der Waals surface area contributed by atoms with Crippen LogP contribution >= 0.6 is 0 Å². The molecule has 34 heavy (non-hydrogen) atoms. The molecule has 0 aliphatic rings. The molecule has 0 fully saturated rings. The molecule has 1 amide bonds. The normalized spacial score (nSPS) is 11.5. The number of ether oxygens (including phenoxy) is 3. The maximum atomic E-state index is 12.8. The van der Waals surface area contributed by atoms with E-state index in [1.807, 2.05) is 36.4 Å². The molecule has 0 heterocycles. The predicted molar refractivity (Wildman–Crippen MR) is 127 cm³/mol. The van der Waals surface area contributed by atoms with Crippen molar-refractivity contribution >= 4 is 23.9 Å². The molecule has 1 unspecified atom stereocenters. The van der Waals surface area contributed by atoms with E-state index in [4.69, 9.17) is 9.47 Å².